The molecule has 0 spiro atoms. The molecule has 0 fully saturated rings. The van der Waals surface area contributed by atoms with Gasteiger partial charge >= 0.3 is 0 Å². The number of aliphatic imine (C=N–C) groups is 1. The minimum absolute atomic E-state index is 0.217. The smallest absolute Gasteiger partial charge is 0.191 e. The van der Waals surface area contributed by atoms with E-state index in [-0.39, 0.29) is 6.04 Å². The van der Waals surface area contributed by atoms with Gasteiger partial charge in [0.25, 0.3) is 0 Å². The zero-order chi connectivity index (χ0) is 19.3. The van der Waals surface area contributed by atoms with E-state index in [9.17, 15) is 0 Å². The number of rotatable bonds is 7. The Balaban J connectivity index is 2.08. The molecule has 0 saturated heterocycles. The molecule has 2 aromatic heterocycles. The van der Waals surface area contributed by atoms with Gasteiger partial charge in [-0.25, -0.2) is 4.99 Å². The van der Waals surface area contributed by atoms with Crippen molar-refractivity contribution in [1.82, 2.24) is 35.1 Å². The Morgan fingerprint density at radius 1 is 1.27 bits per heavy atom. The third kappa shape index (κ3) is 4.85. The van der Waals surface area contributed by atoms with E-state index in [0.29, 0.717) is 6.54 Å². The highest BCUT2D eigenvalue weighted by molar-refractivity contribution is 5.79. The first-order valence-corrected chi connectivity index (χ1v) is 8.99. The van der Waals surface area contributed by atoms with Gasteiger partial charge < -0.3 is 15.5 Å². The Hall–Kier alpha value is -2.35. The molecule has 0 bridgehead atoms. The quantitative estimate of drug-likeness (QED) is 0.572. The number of likely N-dealkylation sites (N-methyl/N-ethyl adjacent to an activating group) is 1. The van der Waals surface area contributed by atoms with Gasteiger partial charge in [0.05, 0.1) is 24.5 Å². The van der Waals surface area contributed by atoms with Crippen molar-refractivity contribution in [2.45, 2.75) is 33.4 Å². The van der Waals surface area contributed by atoms with E-state index < -0.39 is 0 Å². The summed E-state index contributed by atoms with van der Waals surface area (Å²) >= 11 is 0. The van der Waals surface area contributed by atoms with Crippen LogP contribution >= 0.6 is 0 Å². The second kappa shape index (κ2) is 8.84. The minimum atomic E-state index is 0.217. The molecule has 0 aromatic carbocycles. The van der Waals surface area contributed by atoms with Gasteiger partial charge in [-0.1, -0.05) is 0 Å². The molecule has 8 nitrogen and oxygen atoms in total. The number of hydrogen-bond acceptors (Lipinski definition) is 4. The summed E-state index contributed by atoms with van der Waals surface area (Å²) < 4.78 is 3.74. The van der Waals surface area contributed by atoms with Crippen LogP contribution in [0.3, 0.4) is 0 Å². The summed E-state index contributed by atoms with van der Waals surface area (Å²) in [5.74, 6) is 0.811. The van der Waals surface area contributed by atoms with Crippen molar-refractivity contribution in [3.8, 4) is 0 Å². The number of nitrogens with zero attached hydrogens (tertiary/aromatic N) is 6. The lowest BCUT2D eigenvalue weighted by atomic mass is 10.1. The zero-order valence-corrected chi connectivity index (χ0v) is 17.0. The van der Waals surface area contributed by atoms with E-state index in [1.54, 1.807) is 0 Å². The van der Waals surface area contributed by atoms with E-state index in [1.807, 2.05) is 36.6 Å². The summed E-state index contributed by atoms with van der Waals surface area (Å²) in [6.45, 7) is 8.35. The largest absolute Gasteiger partial charge is 0.357 e. The van der Waals surface area contributed by atoms with E-state index in [0.717, 1.165) is 30.4 Å². The Kier molecular flexibility index (Phi) is 6.79. The molecule has 26 heavy (non-hydrogen) atoms. The van der Waals surface area contributed by atoms with Crippen LogP contribution in [0.2, 0.25) is 0 Å². The fourth-order valence-corrected chi connectivity index (χ4v) is 2.95. The van der Waals surface area contributed by atoms with Crippen LogP contribution in [0, 0.1) is 13.8 Å². The van der Waals surface area contributed by atoms with Gasteiger partial charge in [0.1, 0.15) is 0 Å². The van der Waals surface area contributed by atoms with Crippen molar-refractivity contribution < 1.29 is 0 Å². The molecule has 0 aliphatic heterocycles. The van der Waals surface area contributed by atoms with Crippen LogP contribution in [0.15, 0.2) is 17.4 Å². The lowest BCUT2D eigenvalue weighted by Gasteiger charge is -2.24. The third-order valence-electron chi connectivity index (χ3n) is 4.59. The molecule has 144 valence electrons. The van der Waals surface area contributed by atoms with Gasteiger partial charge in [-0.15, -0.1) is 0 Å². The molecule has 0 aliphatic rings. The molecule has 2 N–H and O–H groups in total. The maximum absolute atomic E-state index is 4.75. The van der Waals surface area contributed by atoms with Crippen molar-refractivity contribution >= 4 is 5.96 Å². The van der Waals surface area contributed by atoms with Gasteiger partial charge in [0, 0.05) is 50.2 Å². The number of hydrogen-bond donors (Lipinski definition) is 2. The summed E-state index contributed by atoms with van der Waals surface area (Å²) in [6.07, 6.45) is 3.97. The van der Waals surface area contributed by atoms with Crippen LogP contribution in [0.1, 0.15) is 35.5 Å². The van der Waals surface area contributed by atoms with Crippen LogP contribution in [-0.2, 0) is 20.6 Å². The highest BCUT2D eigenvalue weighted by Crippen LogP contribution is 2.16. The van der Waals surface area contributed by atoms with E-state index in [1.165, 1.54) is 11.1 Å². The van der Waals surface area contributed by atoms with Crippen molar-refractivity contribution in [3.05, 3.63) is 34.9 Å². The molecule has 0 saturated carbocycles. The second-order valence-corrected chi connectivity index (χ2v) is 6.78. The first kappa shape index (κ1) is 20.0. The summed E-state index contributed by atoms with van der Waals surface area (Å²) in [4.78, 5) is 6.93. The maximum atomic E-state index is 4.75. The minimum Gasteiger partial charge on any atom is -0.357 e. The Morgan fingerprint density at radius 3 is 2.50 bits per heavy atom. The highest BCUT2D eigenvalue weighted by Gasteiger charge is 2.16. The Labute approximate surface area is 156 Å². The molecule has 0 aliphatic carbocycles. The van der Waals surface area contributed by atoms with Crippen LogP contribution in [0.4, 0.5) is 0 Å². The van der Waals surface area contributed by atoms with Crippen molar-refractivity contribution in [2.75, 3.05) is 27.2 Å². The fraction of sp³-hybridized carbons (Fsp3) is 0.611. The summed E-state index contributed by atoms with van der Waals surface area (Å²) in [5, 5.41) is 15.5. The molecule has 2 heterocycles. The van der Waals surface area contributed by atoms with Crippen LogP contribution in [0.25, 0.3) is 0 Å². The number of nitrogens with one attached hydrogen (secondary N) is 2. The molecule has 8 heteroatoms. The third-order valence-corrected chi connectivity index (χ3v) is 4.59. The monoisotopic (exact) mass is 360 g/mol. The average molecular weight is 361 g/mol. The predicted molar refractivity (Wildman–Crippen MR) is 105 cm³/mol. The van der Waals surface area contributed by atoms with E-state index >= 15 is 0 Å². The first-order chi connectivity index (χ1) is 12.3. The van der Waals surface area contributed by atoms with Gasteiger partial charge in [0.15, 0.2) is 5.96 Å². The highest BCUT2D eigenvalue weighted by atomic mass is 15.3. The van der Waals surface area contributed by atoms with Crippen LogP contribution in [0.5, 0.6) is 0 Å². The topological polar surface area (TPSA) is 75.3 Å². The average Bonchev–Trinajstić information content (AvgIpc) is 3.09. The predicted octanol–water partition coefficient (Wildman–Crippen LogP) is 1.13. The molecule has 0 amide bonds. The molecule has 0 radical (unpaired) electrons. The Bertz CT molecular complexity index is 740. The van der Waals surface area contributed by atoms with Crippen molar-refractivity contribution in [1.29, 1.82) is 0 Å². The lowest BCUT2D eigenvalue weighted by molar-refractivity contribution is 0.298. The second-order valence-electron chi connectivity index (χ2n) is 6.78. The van der Waals surface area contributed by atoms with E-state index in [4.69, 9.17) is 4.99 Å². The lowest BCUT2D eigenvalue weighted by Crippen LogP contribution is -2.41. The van der Waals surface area contributed by atoms with Crippen molar-refractivity contribution in [3.63, 3.8) is 0 Å². The van der Waals surface area contributed by atoms with Gasteiger partial charge in [0.2, 0.25) is 0 Å². The van der Waals surface area contributed by atoms with Gasteiger partial charge in [-0.05, 0) is 34.9 Å². The summed E-state index contributed by atoms with van der Waals surface area (Å²) in [7, 11) is 8.06. The fourth-order valence-electron chi connectivity index (χ4n) is 2.95. The molecular formula is C18H32N8. The van der Waals surface area contributed by atoms with E-state index in [2.05, 4.69) is 59.9 Å². The molecule has 1 unspecified atom stereocenters. The summed E-state index contributed by atoms with van der Waals surface area (Å²) in [6, 6.07) is 0.217. The van der Waals surface area contributed by atoms with Gasteiger partial charge in [-0.2, -0.15) is 10.2 Å². The number of guanidine groups is 1. The maximum Gasteiger partial charge on any atom is 0.191 e. The Morgan fingerprint density at radius 2 is 2.00 bits per heavy atom. The zero-order valence-electron chi connectivity index (χ0n) is 17.0. The normalized spacial score (nSPS) is 13.3. The van der Waals surface area contributed by atoms with Gasteiger partial charge in [-0.3, -0.25) is 9.36 Å². The van der Waals surface area contributed by atoms with Crippen LogP contribution in [-0.4, -0.2) is 57.6 Å². The molecule has 2 aromatic rings. The number of aryl methyl sites for hydroxylation is 3. The van der Waals surface area contributed by atoms with Crippen LogP contribution < -0.4 is 10.6 Å². The molecule has 1 atom stereocenters. The van der Waals surface area contributed by atoms with Crippen molar-refractivity contribution in [2.24, 2.45) is 19.1 Å². The standard InChI is InChI=1S/C18H32N8/c1-8-19-18(20-10-16-13(2)23-26(7)14(16)3)21-11-17(24(4)5)15-9-22-25(6)12-15/h9,12,17H,8,10-11H2,1-7H3,(H2,19,20,21). The molecule has 2 rings (SSSR count). The first-order valence-electron chi connectivity index (χ1n) is 8.99. The number of aromatic nitrogens is 4. The summed E-state index contributed by atoms with van der Waals surface area (Å²) in [5.41, 5.74) is 4.55. The SMILES string of the molecule is CCNC(=NCc1c(C)nn(C)c1C)NCC(c1cnn(C)c1)N(C)C. The molecular weight excluding hydrogens is 328 g/mol.